The average Bonchev–Trinajstić information content (AvgIpc) is 3.39. The van der Waals surface area contributed by atoms with Crippen LogP contribution in [0.2, 0.25) is 0 Å². The summed E-state index contributed by atoms with van der Waals surface area (Å²) in [5.74, 6) is 0.743. The fourth-order valence-electron chi connectivity index (χ4n) is 4.45. The van der Waals surface area contributed by atoms with Gasteiger partial charge in [-0.15, -0.1) is 11.6 Å². The maximum Gasteiger partial charge on any atom is 0.274 e. The minimum atomic E-state index is -0.285. The molecular weight excluding hydrogens is 417 g/mol. The Morgan fingerprint density at radius 3 is 2.87 bits per heavy atom. The first-order valence-electron chi connectivity index (χ1n) is 10.6. The highest BCUT2D eigenvalue weighted by atomic mass is 35.5. The van der Waals surface area contributed by atoms with E-state index in [-0.39, 0.29) is 22.8 Å². The number of H-pyrrole nitrogens is 1. The number of rotatable bonds is 5. The van der Waals surface area contributed by atoms with Crippen molar-refractivity contribution in [2.75, 3.05) is 6.54 Å². The number of fused-ring (bicyclic) bond motifs is 1. The first-order valence-corrected chi connectivity index (χ1v) is 11.0. The van der Waals surface area contributed by atoms with E-state index in [1.54, 1.807) is 12.1 Å². The van der Waals surface area contributed by atoms with Crippen molar-refractivity contribution < 1.29 is 4.39 Å². The summed E-state index contributed by atoms with van der Waals surface area (Å²) in [6, 6.07) is 11.4. The summed E-state index contributed by atoms with van der Waals surface area (Å²) in [5.41, 5.74) is 2.05. The highest BCUT2D eigenvalue weighted by Gasteiger charge is 2.29. The SMILES string of the molecule is O=c1cc(CN2CCCC2CC2=C(F)C=CCC2Cl)nc2nc(-c3ccccc3)[nH]n12. The molecule has 31 heavy (non-hydrogen) atoms. The van der Waals surface area contributed by atoms with E-state index in [0.717, 1.165) is 24.9 Å². The number of hydrogen-bond donors (Lipinski definition) is 1. The number of likely N-dealkylation sites (tertiary alicyclic amines) is 1. The van der Waals surface area contributed by atoms with Crippen LogP contribution in [0.3, 0.4) is 0 Å². The van der Waals surface area contributed by atoms with E-state index in [1.165, 1.54) is 10.6 Å². The van der Waals surface area contributed by atoms with Crippen molar-refractivity contribution in [3.8, 4) is 11.4 Å². The van der Waals surface area contributed by atoms with Crippen molar-refractivity contribution in [3.63, 3.8) is 0 Å². The number of benzene rings is 1. The lowest BCUT2D eigenvalue weighted by Gasteiger charge is -2.27. The van der Waals surface area contributed by atoms with Crippen LogP contribution in [0.5, 0.6) is 0 Å². The van der Waals surface area contributed by atoms with Crippen molar-refractivity contribution in [1.29, 1.82) is 0 Å². The van der Waals surface area contributed by atoms with Crippen LogP contribution in [0.1, 0.15) is 31.4 Å². The Bertz CT molecular complexity index is 1220. The topological polar surface area (TPSA) is 66.3 Å². The van der Waals surface area contributed by atoms with E-state index >= 15 is 0 Å². The molecule has 8 heteroatoms. The minimum absolute atomic E-state index is 0.188. The molecule has 0 bridgehead atoms. The largest absolute Gasteiger partial charge is 0.294 e. The van der Waals surface area contributed by atoms with Gasteiger partial charge in [0.2, 0.25) is 0 Å². The van der Waals surface area contributed by atoms with Crippen molar-refractivity contribution in [2.45, 2.75) is 43.6 Å². The van der Waals surface area contributed by atoms with Gasteiger partial charge in [-0.2, -0.15) is 9.50 Å². The van der Waals surface area contributed by atoms with Crippen LogP contribution in [0, 0.1) is 0 Å². The van der Waals surface area contributed by atoms with E-state index < -0.39 is 0 Å². The molecule has 1 aromatic carbocycles. The quantitative estimate of drug-likeness (QED) is 0.604. The van der Waals surface area contributed by atoms with E-state index in [2.05, 4.69) is 20.0 Å². The number of aromatic nitrogens is 4. The second kappa shape index (κ2) is 8.40. The maximum atomic E-state index is 14.3. The predicted octanol–water partition coefficient (Wildman–Crippen LogP) is 4.23. The average molecular weight is 440 g/mol. The van der Waals surface area contributed by atoms with Gasteiger partial charge in [-0.25, -0.2) is 9.37 Å². The second-order valence-corrected chi connectivity index (χ2v) is 8.64. The zero-order valence-electron chi connectivity index (χ0n) is 17.0. The third-order valence-electron chi connectivity index (χ3n) is 6.04. The van der Waals surface area contributed by atoms with Crippen LogP contribution in [0.4, 0.5) is 4.39 Å². The molecule has 2 aromatic heterocycles. The van der Waals surface area contributed by atoms with Crippen molar-refractivity contribution in [1.82, 2.24) is 24.5 Å². The zero-order valence-corrected chi connectivity index (χ0v) is 17.7. The van der Waals surface area contributed by atoms with E-state index in [1.807, 2.05) is 30.3 Å². The summed E-state index contributed by atoms with van der Waals surface area (Å²) in [5, 5.41) is 2.74. The third kappa shape index (κ3) is 4.07. The van der Waals surface area contributed by atoms with Gasteiger partial charge in [0.05, 0.1) is 11.1 Å². The first kappa shape index (κ1) is 20.2. The number of alkyl halides is 1. The van der Waals surface area contributed by atoms with Crippen LogP contribution >= 0.6 is 11.6 Å². The molecule has 3 aromatic rings. The summed E-state index contributed by atoms with van der Waals surface area (Å²) in [4.78, 5) is 24.0. The number of hydrogen-bond acceptors (Lipinski definition) is 4. The van der Waals surface area contributed by atoms with Crippen LogP contribution in [-0.4, -0.2) is 42.4 Å². The number of halogens is 2. The van der Waals surface area contributed by atoms with Gasteiger partial charge in [0.15, 0.2) is 5.82 Å². The third-order valence-corrected chi connectivity index (χ3v) is 6.48. The van der Waals surface area contributed by atoms with Gasteiger partial charge in [0.1, 0.15) is 5.83 Å². The van der Waals surface area contributed by atoms with Gasteiger partial charge in [-0.1, -0.05) is 36.4 Å². The van der Waals surface area contributed by atoms with Gasteiger partial charge in [-0.05, 0) is 43.9 Å². The van der Waals surface area contributed by atoms with Gasteiger partial charge < -0.3 is 0 Å². The zero-order chi connectivity index (χ0) is 21.4. The molecule has 0 spiro atoms. The van der Waals surface area contributed by atoms with Gasteiger partial charge in [-0.3, -0.25) is 14.8 Å². The molecule has 1 saturated heterocycles. The summed E-state index contributed by atoms with van der Waals surface area (Å²) < 4.78 is 15.7. The van der Waals surface area contributed by atoms with Crippen LogP contribution in [0.25, 0.3) is 17.2 Å². The predicted molar refractivity (Wildman–Crippen MR) is 119 cm³/mol. The summed E-state index contributed by atoms with van der Waals surface area (Å²) >= 11 is 6.37. The second-order valence-electron chi connectivity index (χ2n) is 8.11. The van der Waals surface area contributed by atoms with Crippen molar-refractivity contribution in [2.24, 2.45) is 0 Å². The molecule has 2 unspecified atom stereocenters. The van der Waals surface area contributed by atoms with E-state index in [0.29, 0.717) is 42.3 Å². The van der Waals surface area contributed by atoms with Crippen LogP contribution < -0.4 is 5.56 Å². The summed E-state index contributed by atoms with van der Waals surface area (Å²) in [7, 11) is 0. The highest BCUT2D eigenvalue weighted by Crippen LogP contribution is 2.33. The van der Waals surface area contributed by atoms with Gasteiger partial charge in [0.25, 0.3) is 11.3 Å². The maximum absolute atomic E-state index is 14.3. The Morgan fingerprint density at radius 2 is 2.06 bits per heavy atom. The number of aromatic amines is 1. The number of nitrogens with zero attached hydrogens (tertiary/aromatic N) is 4. The molecular formula is C23H23ClFN5O. The van der Waals surface area contributed by atoms with Gasteiger partial charge >= 0.3 is 0 Å². The molecule has 0 radical (unpaired) electrons. The van der Waals surface area contributed by atoms with E-state index in [9.17, 15) is 9.18 Å². The Hall–Kier alpha value is -2.77. The Morgan fingerprint density at radius 1 is 1.23 bits per heavy atom. The molecule has 1 N–H and O–H groups in total. The molecule has 5 rings (SSSR count). The fourth-order valence-corrected chi connectivity index (χ4v) is 4.74. The normalized spacial score (nSPS) is 22.0. The molecule has 0 saturated carbocycles. The molecule has 1 aliphatic carbocycles. The lowest BCUT2D eigenvalue weighted by atomic mass is 9.95. The van der Waals surface area contributed by atoms with Gasteiger partial charge in [0, 0.05) is 24.2 Å². The Balaban J connectivity index is 1.38. The molecule has 160 valence electrons. The molecule has 3 heterocycles. The standard InChI is InChI=1S/C23H23ClFN5O/c24-19-9-4-10-20(25)18(19)13-17-8-5-11-29(17)14-16-12-21(31)30-23(26-16)27-22(28-30)15-6-2-1-3-7-15/h1-4,6-7,10,12,17,19H,5,8-9,11,13-14H2,(H,26,27,28). The molecule has 0 amide bonds. The van der Waals surface area contributed by atoms with Crippen LogP contribution in [-0.2, 0) is 6.54 Å². The summed E-state index contributed by atoms with van der Waals surface area (Å²) in [6.45, 7) is 1.42. The Kier molecular flexibility index (Phi) is 5.46. The fraction of sp³-hybridized carbons (Fsp3) is 0.348. The molecule has 2 aliphatic rings. The van der Waals surface area contributed by atoms with Crippen LogP contribution in [0.15, 0.2) is 64.7 Å². The van der Waals surface area contributed by atoms with Crippen molar-refractivity contribution >= 4 is 17.4 Å². The molecule has 2 atom stereocenters. The molecule has 1 fully saturated rings. The minimum Gasteiger partial charge on any atom is -0.294 e. The number of allylic oxidation sites excluding steroid dienone is 3. The Labute approximate surface area is 184 Å². The van der Waals surface area contributed by atoms with Crippen molar-refractivity contribution in [3.05, 3.63) is 76.0 Å². The number of nitrogens with one attached hydrogen (secondary N) is 1. The molecule has 1 aliphatic heterocycles. The smallest absolute Gasteiger partial charge is 0.274 e. The first-order chi connectivity index (χ1) is 15.1. The monoisotopic (exact) mass is 439 g/mol. The molecule has 6 nitrogen and oxygen atoms in total. The van der Waals surface area contributed by atoms with E-state index in [4.69, 9.17) is 11.6 Å². The lowest BCUT2D eigenvalue weighted by Crippen LogP contribution is -2.31. The lowest BCUT2D eigenvalue weighted by molar-refractivity contribution is 0.239. The summed E-state index contributed by atoms with van der Waals surface area (Å²) in [6.07, 6.45) is 6.58. The highest BCUT2D eigenvalue weighted by molar-refractivity contribution is 6.22.